The smallest absolute Gasteiger partial charge is 0.475 e. The lowest BCUT2D eigenvalue weighted by atomic mass is 10.1. The van der Waals surface area contributed by atoms with Gasteiger partial charge in [-0.3, -0.25) is 9.69 Å². The van der Waals surface area contributed by atoms with Crippen molar-refractivity contribution in [3.05, 3.63) is 23.7 Å². The summed E-state index contributed by atoms with van der Waals surface area (Å²) in [5.41, 5.74) is 0.702. The van der Waals surface area contributed by atoms with E-state index in [0.29, 0.717) is 23.5 Å². The number of piperazine rings is 1. The number of nitrogens with zero attached hydrogens (tertiary/aromatic N) is 2. The van der Waals surface area contributed by atoms with Gasteiger partial charge in [0.15, 0.2) is 0 Å². The van der Waals surface area contributed by atoms with Gasteiger partial charge in [0.05, 0.1) is 17.9 Å². The van der Waals surface area contributed by atoms with Crippen molar-refractivity contribution in [1.29, 1.82) is 0 Å². The van der Waals surface area contributed by atoms with Gasteiger partial charge in [0.1, 0.15) is 5.76 Å². The number of aliphatic carboxylic acids is 1. The Morgan fingerprint density at radius 1 is 1.28 bits per heavy atom. The molecule has 1 aromatic heterocycles. The van der Waals surface area contributed by atoms with Crippen LogP contribution >= 0.6 is 0 Å². The standard InChI is InChI=1S/C17H24N2O3.C2HF3O2/c1-12-16(4-7-21-12)17(20)19-6-5-18-10-15(8-14(18)9-19)22-11-13-2-3-13;3-2(4,5)1(6)7/h4,7,13-15H,2-3,5-6,8-11H2,1H3;(H,6,7)/t14-,15+;/m0./s1. The van der Waals surface area contributed by atoms with Crippen molar-refractivity contribution >= 4 is 11.9 Å². The Morgan fingerprint density at radius 3 is 2.52 bits per heavy atom. The first-order valence-electron chi connectivity index (χ1n) is 9.64. The fraction of sp³-hybridized carbons (Fsp3) is 0.684. The third-order valence-corrected chi connectivity index (χ3v) is 5.46. The highest BCUT2D eigenvalue weighted by Crippen LogP contribution is 2.31. The molecule has 3 heterocycles. The number of rotatable bonds is 4. The second-order valence-electron chi connectivity index (χ2n) is 7.73. The molecule has 4 rings (SSSR count). The number of fused-ring (bicyclic) bond motifs is 1. The van der Waals surface area contributed by atoms with Crippen molar-refractivity contribution in [2.24, 2.45) is 5.92 Å². The minimum atomic E-state index is -5.08. The summed E-state index contributed by atoms with van der Waals surface area (Å²) in [6.45, 7) is 6.38. The quantitative estimate of drug-likeness (QED) is 0.809. The number of furan rings is 1. The number of carboxylic acids is 1. The number of carboxylic acid groups (broad SMARTS) is 1. The summed E-state index contributed by atoms with van der Waals surface area (Å²) in [6, 6.07) is 2.23. The van der Waals surface area contributed by atoms with E-state index in [4.69, 9.17) is 19.1 Å². The van der Waals surface area contributed by atoms with E-state index in [2.05, 4.69) is 4.90 Å². The van der Waals surface area contributed by atoms with Crippen LogP contribution in [-0.2, 0) is 9.53 Å². The van der Waals surface area contributed by atoms with E-state index in [1.165, 1.54) is 12.8 Å². The number of hydrogen-bond acceptors (Lipinski definition) is 5. The van der Waals surface area contributed by atoms with Crippen molar-refractivity contribution in [3.63, 3.8) is 0 Å². The minimum Gasteiger partial charge on any atom is -0.475 e. The largest absolute Gasteiger partial charge is 0.490 e. The lowest BCUT2D eigenvalue weighted by Gasteiger charge is -2.37. The van der Waals surface area contributed by atoms with Crippen LogP contribution in [0.15, 0.2) is 16.7 Å². The lowest BCUT2D eigenvalue weighted by molar-refractivity contribution is -0.192. The van der Waals surface area contributed by atoms with Crippen molar-refractivity contribution in [1.82, 2.24) is 9.80 Å². The Morgan fingerprint density at radius 2 is 1.97 bits per heavy atom. The van der Waals surface area contributed by atoms with Gasteiger partial charge in [0.2, 0.25) is 0 Å². The number of ether oxygens (including phenoxy) is 1. The molecule has 0 spiro atoms. The molecule has 1 N–H and O–H groups in total. The molecule has 2 saturated heterocycles. The van der Waals surface area contributed by atoms with E-state index in [1.54, 1.807) is 12.3 Å². The molecule has 1 aromatic rings. The lowest BCUT2D eigenvalue weighted by Crippen LogP contribution is -2.52. The zero-order valence-electron chi connectivity index (χ0n) is 16.2. The Balaban J connectivity index is 0.000000298. The normalized spacial score (nSPS) is 24.6. The molecule has 1 saturated carbocycles. The number of aryl methyl sites for hydroxylation is 1. The summed E-state index contributed by atoms with van der Waals surface area (Å²) in [6.07, 6.45) is 0.603. The molecule has 2 aliphatic heterocycles. The Bertz CT molecular complexity index is 732. The number of carbonyl (C=O) groups excluding carboxylic acids is 1. The van der Waals surface area contributed by atoms with Crippen molar-refractivity contribution < 1.29 is 37.0 Å². The van der Waals surface area contributed by atoms with E-state index in [0.717, 1.165) is 45.1 Å². The predicted molar refractivity (Wildman–Crippen MR) is 95.5 cm³/mol. The zero-order chi connectivity index (χ0) is 21.2. The van der Waals surface area contributed by atoms with Crippen LogP contribution in [-0.4, -0.2) is 77.9 Å². The summed E-state index contributed by atoms with van der Waals surface area (Å²) in [5.74, 6) is -1.12. The molecular formula is C19H25F3N2O5. The van der Waals surface area contributed by atoms with E-state index in [-0.39, 0.29) is 5.91 Å². The third-order valence-electron chi connectivity index (χ3n) is 5.46. The molecule has 3 fully saturated rings. The number of amides is 1. The van der Waals surface area contributed by atoms with Gasteiger partial charge in [0.25, 0.3) is 5.91 Å². The average Bonchev–Trinajstić information content (AvgIpc) is 3.24. The monoisotopic (exact) mass is 418 g/mol. The van der Waals surface area contributed by atoms with Gasteiger partial charge in [-0.15, -0.1) is 0 Å². The fourth-order valence-corrected chi connectivity index (χ4v) is 3.64. The maximum atomic E-state index is 12.6. The molecule has 2 atom stereocenters. The molecule has 0 unspecified atom stereocenters. The van der Waals surface area contributed by atoms with Crippen LogP contribution in [0, 0.1) is 12.8 Å². The van der Waals surface area contributed by atoms with Crippen LogP contribution in [0.1, 0.15) is 35.4 Å². The number of carbonyl (C=O) groups is 2. The SMILES string of the molecule is Cc1occc1C(=O)N1CCN2C[C@H](OCC3CC3)C[C@H]2C1.O=C(O)C(F)(F)F. The second-order valence-corrected chi connectivity index (χ2v) is 7.73. The summed E-state index contributed by atoms with van der Waals surface area (Å²) < 4.78 is 43.0. The summed E-state index contributed by atoms with van der Waals surface area (Å²) in [5, 5.41) is 7.12. The van der Waals surface area contributed by atoms with Gasteiger partial charge >= 0.3 is 12.1 Å². The topological polar surface area (TPSA) is 83.2 Å². The molecule has 0 radical (unpaired) electrons. The fourth-order valence-electron chi connectivity index (χ4n) is 3.64. The van der Waals surface area contributed by atoms with Gasteiger partial charge < -0.3 is 19.2 Å². The Hall–Kier alpha value is -2.07. The zero-order valence-corrected chi connectivity index (χ0v) is 16.2. The van der Waals surface area contributed by atoms with Crippen LogP contribution in [0.25, 0.3) is 0 Å². The molecule has 10 heteroatoms. The van der Waals surface area contributed by atoms with Crippen LogP contribution in [0.3, 0.4) is 0 Å². The Labute approximate surface area is 166 Å². The molecule has 162 valence electrons. The van der Waals surface area contributed by atoms with E-state index in [9.17, 15) is 18.0 Å². The molecule has 0 bridgehead atoms. The molecule has 1 aliphatic carbocycles. The number of halogens is 3. The predicted octanol–water partition coefficient (Wildman–Crippen LogP) is 2.55. The number of alkyl halides is 3. The summed E-state index contributed by atoms with van der Waals surface area (Å²) in [4.78, 5) is 26.0. The highest BCUT2D eigenvalue weighted by atomic mass is 19.4. The summed E-state index contributed by atoms with van der Waals surface area (Å²) >= 11 is 0. The van der Waals surface area contributed by atoms with E-state index in [1.807, 2.05) is 11.8 Å². The Kier molecular flexibility index (Phi) is 6.52. The van der Waals surface area contributed by atoms with Crippen LogP contribution in [0.5, 0.6) is 0 Å². The first kappa shape index (κ1) is 21.6. The maximum Gasteiger partial charge on any atom is 0.490 e. The molecule has 0 aromatic carbocycles. The van der Waals surface area contributed by atoms with E-state index < -0.39 is 12.1 Å². The van der Waals surface area contributed by atoms with Gasteiger partial charge in [0, 0.05) is 38.8 Å². The van der Waals surface area contributed by atoms with Gasteiger partial charge in [-0.1, -0.05) is 0 Å². The summed E-state index contributed by atoms with van der Waals surface area (Å²) in [7, 11) is 0. The van der Waals surface area contributed by atoms with Gasteiger partial charge in [-0.05, 0) is 38.2 Å². The molecule has 7 nitrogen and oxygen atoms in total. The molecule has 3 aliphatic rings. The molecule has 29 heavy (non-hydrogen) atoms. The first-order chi connectivity index (χ1) is 13.6. The van der Waals surface area contributed by atoms with Crippen molar-refractivity contribution in [2.75, 3.05) is 32.8 Å². The molecule has 1 amide bonds. The second kappa shape index (κ2) is 8.74. The van der Waals surface area contributed by atoms with Crippen molar-refractivity contribution in [3.8, 4) is 0 Å². The average molecular weight is 418 g/mol. The number of hydrogen-bond donors (Lipinski definition) is 1. The minimum absolute atomic E-state index is 0.105. The highest BCUT2D eigenvalue weighted by molar-refractivity contribution is 5.95. The highest BCUT2D eigenvalue weighted by Gasteiger charge is 2.39. The van der Waals surface area contributed by atoms with Gasteiger partial charge in [-0.25, -0.2) is 4.79 Å². The maximum absolute atomic E-state index is 12.6. The van der Waals surface area contributed by atoms with Crippen LogP contribution in [0.4, 0.5) is 13.2 Å². The first-order valence-corrected chi connectivity index (χ1v) is 9.64. The third kappa shape index (κ3) is 5.72. The van der Waals surface area contributed by atoms with Crippen molar-refractivity contribution in [2.45, 2.75) is 44.5 Å². The molecular weight excluding hydrogens is 393 g/mol. The van der Waals surface area contributed by atoms with Crippen LogP contribution in [0.2, 0.25) is 0 Å². The van der Waals surface area contributed by atoms with E-state index >= 15 is 0 Å². The van der Waals surface area contributed by atoms with Gasteiger partial charge in [-0.2, -0.15) is 13.2 Å². The van der Waals surface area contributed by atoms with Crippen LogP contribution < -0.4 is 0 Å².